The van der Waals surface area contributed by atoms with Crippen LogP contribution in [0.15, 0.2) is 35.5 Å². The summed E-state index contributed by atoms with van der Waals surface area (Å²) in [6.45, 7) is 0. The molecule has 0 unspecified atom stereocenters. The van der Waals surface area contributed by atoms with Gasteiger partial charge in [-0.15, -0.1) is 0 Å². The van der Waals surface area contributed by atoms with Crippen molar-refractivity contribution >= 4 is 29.7 Å². The lowest BCUT2D eigenvalue weighted by Crippen LogP contribution is -2.11. The third-order valence-corrected chi connectivity index (χ3v) is 3.56. The van der Waals surface area contributed by atoms with Gasteiger partial charge in [0, 0.05) is 18.0 Å². The fourth-order valence-corrected chi connectivity index (χ4v) is 2.44. The zero-order chi connectivity index (χ0) is 16.1. The van der Waals surface area contributed by atoms with Crippen molar-refractivity contribution in [2.45, 2.75) is 4.90 Å². The predicted octanol–water partition coefficient (Wildman–Crippen LogP) is 2.47. The van der Waals surface area contributed by atoms with Crippen LogP contribution in [0.4, 0.5) is 16.4 Å². The average Bonchev–Trinajstić information content (AvgIpc) is 2.49. The van der Waals surface area contributed by atoms with E-state index in [9.17, 15) is 4.79 Å². The standard InChI is InChI=1S/C14H17N5O2S/c1-19(2)22-11-6-10(8-17-13(11)15)9-4-5-16-12(7-9)18-14(20)21-3/h4-8H,1-3H3,(H2,15,17)(H,16,18,20). The molecule has 2 heterocycles. The van der Waals surface area contributed by atoms with Crippen molar-refractivity contribution < 1.29 is 9.53 Å². The lowest BCUT2D eigenvalue weighted by molar-refractivity contribution is 0.187. The van der Waals surface area contributed by atoms with Crippen LogP contribution in [0, 0.1) is 0 Å². The number of nitrogen functional groups attached to an aromatic ring is 1. The van der Waals surface area contributed by atoms with Crippen molar-refractivity contribution in [2.75, 3.05) is 32.3 Å². The highest BCUT2D eigenvalue weighted by Gasteiger charge is 2.08. The van der Waals surface area contributed by atoms with Crippen molar-refractivity contribution in [3.8, 4) is 11.1 Å². The minimum atomic E-state index is -0.566. The maximum Gasteiger partial charge on any atom is 0.412 e. The number of hydrogen-bond acceptors (Lipinski definition) is 7. The summed E-state index contributed by atoms with van der Waals surface area (Å²) in [4.78, 5) is 20.4. The molecule has 2 aromatic rings. The number of ether oxygens (including phenoxy) is 1. The fourth-order valence-electron chi connectivity index (χ4n) is 1.72. The molecule has 0 fully saturated rings. The van der Waals surface area contributed by atoms with Gasteiger partial charge in [-0.2, -0.15) is 0 Å². The van der Waals surface area contributed by atoms with Gasteiger partial charge >= 0.3 is 6.09 Å². The van der Waals surface area contributed by atoms with Gasteiger partial charge in [-0.1, -0.05) is 0 Å². The Morgan fingerprint density at radius 3 is 2.77 bits per heavy atom. The fraction of sp³-hybridized carbons (Fsp3) is 0.214. The van der Waals surface area contributed by atoms with Gasteiger partial charge in [0.05, 0.1) is 12.0 Å². The first kappa shape index (κ1) is 16.1. The smallest absolute Gasteiger partial charge is 0.412 e. The second-order valence-corrected chi connectivity index (χ2v) is 5.91. The highest BCUT2D eigenvalue weighted by molar-refractivity contribution is 7.97. The normalized spacial score (nSPS) is 10.5. The van der Waals surface area contributed by atoms with E-state index in [2.05, 4.69) is 20.0 Å². The lowest BCUT2D eigenvalue weighted by atomic mass is 10.1. The Labute approximate surface area is 133 Å². The molecule has 2 rings (SSSR count). The van der Waals surface area contributed by atoms with Gasteiger partial charge in [0.2, 0.25) is 0 Å². The highest BCUT2D eigenvalue weighted by Crippen LogP contribution is 2.30. The molecule has 0 aliphatic carbocycles. The number of hydrogen-bond donors (Lipinski definition) is 2. The van der Waals surface area contributed by atoms with Crippen LogP contribution in [0.3, 0.4) is 0 Å². The van der Waals surface area contributed by atoms with Crippen LogP contribution in [-0.2, 0) is 4.74 Å². The second kappa shape index (κ2) is 7.10. The number of nitrogens with one attached hydrogen (secondary N) is 1. The number of amides is 1. The number of carbonyl (C=O) groups excluding carboxylic acids is 1. The first-order valence-electron chi connectivity index (χ1n) is 6.42. The molecule has 116 valence electrons. The molecule has 3 N–H and O–H groups in total. The van der Waals surface area contributed by atoms with Gasteiger partial charge in [0.25, 0.3) is 0 Å². The summed E-state index contributed by atoms with van der Waals surface area (Å²) >= 11 is 1.49. The van der Waals surface area contributed by atoms with E-state index in [-0.39, 0.29) is 0 Å². The van der Waals surface area contributed by atoms with Gasteiger partial charge in [-0.25, -0.2) is 14.8 Å². The first-order valence-corrected chi connectivity index (χ1v) is 7.19. The number of nitrogens with zero attached hydrogens (tertiary/aromatic N) is 3. The number of nitrogens with two attached hydrogens (primary N) is 1. The monoisotopic (exact) mass is 319 g/mol. The van der Waals surface area contributed by atoms with Crippen molar-refractivity contribution in [3.05, 3.63) is 30.6 Å². The van der Waals surface area contributed by atoms with Gasteiger partial charge in [-0.05, 0) is 49.8 Å². The third-order valence-electron chi connectivity index (χ3n) is 2.67. The van der Waals surface area contributed by atoms with Crippen LogP contribution in [0.5, 0.6) is 0 Å². The van der Waals surface area contributed by atoms with Gasteiger partial charge in [-0.3, -0.25) is 9.62 Å². The molecule has 22 heavy (non-hydrogen) atoms. The van der Waals surface area contributed by atoms with Crippen LogP contribution in [0.2, 0.25) is 0 Å². The van der Waals surface area contributed by atoms with E-state index >= 15 is 0 Å². The molecule has 0 aliphatic rings. The van der Waals surface area contributed by atoms with E-state index in [1.54, 1.807) is 18.5 Å². The molecule has 0 spiro atoms. The van der Waals surface area contributed by atoms with E-state index in [1.165, 1.54) is 19.1 Å². The number of aromatic nitrogens is 2. The summed E-state index contributed by atoms with van der Waals surface area (Å²) in [6, 6.07) is 5.53. The molecule has 0 aromatic carbocycles. The van der Waals surface area contributed by atoms with Crippen molar-refractivity contribution in [1.82, 2.24) is 14.3 Å². The molecule has 8 heteroatoms. The highest BCUT2D eigenvalue weighted by atomic mass is 32.2. The second-order valence-electron chi connectivity index (χ2n) is 4.56. The Morgan fingerprint density at radius 1 is 1.32 bits per heavy atom. The molecule has 0 aliphatic heterocycles. The molecular formula is C14H17N5O2S. The molecule has 1 amide bonds. The predicted molar refractivity (Wildman–Crippen MR) is 87.5 cm³/mol. The number of pyridine rings is 2. The summed E-state index contributed by atoms with van der Waals surface area (Å²) in [5, 5.41) is 2.53. The Morgan fingerprint density at radius 2 is 2.09 bits per heavy atom. The van der Waals surface area contributed by atoms with E-state index in [0.29, 0.717) is 11.6 Å². The molecule has 0 saturated heterocycles. The summed E-state index contributed by atoms with van der Waals surface area (Å²) in [5.41, 5.74) is 7.64. The molecular weight excluding hydrogens is 302 g/mol. The Balaban J connectivity index is 2.31. The zero-order valence-electron chi connectivity index (χ0n) is 12.5. The molecule has 7 nitrogen and oxygen atoms in total. The van der Waals surface area contributed by atoms with Crippen LogP contribution in [-0.4, -0.2) is 41.6 Å². The quantitative estimate of drug-likeness (QED) is 0.836. The number of rotatable bonds is 4. The molecule has 0 radical (unpaired) electrons. The first-order chi connectivity index (χ1) is 10.5. The van der Waals surface area contributed by atoms with Crippen LogP contribution < -0.4 is 11.1 Å². The van der Waals surface area contributed by atoms with Crippen molar-refractivity contribution in [2.24, 2.45) is 0 Å². The van der Waals surface area contributed by atoms with Crippen molar-refractivity contribution in [1.29, 1.82) is 0 Å². The molecule has 0 saturated carbocycles. The summed E-state index contributed by atoms with van der Waals surface area (Å²) in [7, 11) is 5.16. The van der Waals surface area contributed by atoms with E-state index in [1.807, 2.05) is 30.5 Å². The number of anilines is 2. The Hall–Kier alpha value is -2.32. The van der Waals surface area contributed by atoms with E-state index < -0.39 is 6.09 Å². The molecule has 0 atom stereocenters. The minimum Gasteiger partial charge on any atom is -0.453 e. The topological polar surface area (TPSA) is 93.4 Å². The summed E-state index contributed by atoms with van der Waals surface area (Å²) < 4.78 is 6.49. The third kappa shape index (κ3) is 4.09. The zero-order valence-corrected chi connectivity index (χ0v) is 13.3. The van der Waals surface area contributed by atoms with Gasteiger partial charge < -0.3 is 10.5 Å². The Bertz CT molecular complexity index is 678. The molecule has 2 aromatic heterocycles. The summed E-state index contributed by atoms with van der Waals surface area (Å²) in [6.07, 6.45) is 2.73. The lowest BCUT2D eigenvalue weighted by Gasteiger charge is -2.12. The number of methoxy groups -OCH3 is 1. The van der Waals surface area contributed by atoms with Crippen LogP contribution in [0.25, 0.3) is 11.1 Å². The summed E-state index contributed by atoms with van der Waals surface area (Å²) in [5.74, 6) is 0.882. The van der Waals surface area contributed by atoms with Crippen LogP contribution >= 0.6 is 11.9 Å². The maximum atomic E-state index is 11.2. The average molecular weight is 319 g/mol. The SMILES string of the molecule is COC(=O)Nc1cc(-c2cnc(N)c(SN(C)C)c2)ccn1. The Kier molecular flexibility index (Phi) is 5.18. The van der Waals surface area contributed by atoms with Crippen LogP contribution in [0.1, 0.15) is 0 Å². The minimum absolute atomic E-state index is 0.406. The maximum absolute atomic E-state index is 11.2. The largest absolute Gasteiger partial charge is 0.453 e. The molecule has 0 bridgehead atoms. The van der Waals surface area contributed by atoms with Gasteiger partial charge in [0.15, 0.2) is 0 Å². The van der Waals surface area contributed by atoms with E-state index in [0.717, 1.165) is 16.0 Å². The van der Waals surface area contributed by atoms with Crippen molar-refractivity contribution in [3.63, 3.8) is 0 Å². The van der Waals surface area contributed by atoms with Gasteiger partial charge in [0.1, 0.15) is 11.6 Å². The number of carbonyl (C=O) groups is 1. The van der Waals surface area contributed by atoms with E-state index in [4.69, 9.17) is 5.73 Å².